The average molecular weight is 188 g/mol. The highest BCUT2D eigenvalue weighted by Gasteiger charge is 2.16. The lowest BCUT2D eigenvalue weighted by atomic mass is 10.2. The van der Waals surface area contributed by atoms with Crippen molar-refractivity contribution >= 4 is 5.97 Å². The SMILES string of the molecule is C=CC(F)C(C)OOC(=O)C(=C)C. The van der Waals surface area contributed by atoms with Crippen molar-refractivity contribution in [1.82, 2.24) is 0 Å². The van der Waals surface area contributed by atoms with E-state index in [1.807, 2.05) is 0 Å². The second-order valence-electron chi connectivity index (χ2n) is 2.63. The minimum atomic E-state index is -1.36. The molecule has 0 aliphatic rings. The molecular weight excluding hydrogens is 175 g/mol. The highest BCUT2D eigenvalue weighted by atomic mass is 19.1. The summed E-state index contributed by atoms with van der Waals surface area (Å²) >= 11 is 0. The summed E-state index contributed by atoms with van der Waals surface area (Å²) in [5.41, 5.74) is 0.196. The van der Waals surface area contributed by atoms with Crippen LogP contribution in [0.1, 0.15) is 13.8 Å². The lowest BCUT2D eigenvalue weighted by Gasteiger charge is -2.12. The highest BCUT2D eigenvalue weighted by Crippen LogP contribution is 2.05. The summed E-state index contributed by atoms with van der Waals surface area (Å²) in [5.74, 6) is -0.705. The molecule has 0 saturated carbocycles. The Morgan fingerprint density at radius 1 is 1.62 bits per heavy atom. The zero-order valence-corrected chi connectivity index (χ0v) is 7.75. The van der Waals surface area contributed by atoms with Crippen LogP contribution >= 0.6 is 0 Å². The van der Waals surface area contributed by atoms with Gasteiger partial charge in [0.1, 0.15) is 12.3 Å². The smallest absolute Gasteiger partial charge is 0.293 e. The van der Waals surface area contributed by atoms with E-state index in [9.17, 15) is 9.18 Å². The summed E-state index contributed by atoms with van der Waals surface area (Å²) in [7, 11) is 0. The maximum Gasteiger partial charge on any atom is 0.368 e. The fraction of sp³-hybridized carbons (Fsp3) is 0.444. The lowest BCUT2D eigenvalue weighted by molar-refractivity contribution is -0.297. The number of carbonyl (C=O) groups excluding carboxylic acids is 1. The predicted molar refractivity (Wildman–Crippen MR) is 46.5 cm³/mol. The van der Waals surface area contributed by atoms with E-state index < -0.39 is 18.2 Å². The molecule has 0 aliphatic carbocycles. The van der Waals surface area contributed by atoms with Crippen molar-refractivity contribution in [3.8, 4) is 0 Å². The monoisotopic (exact) mass is 188 g/mol. The summed E-state index contributed by atoms with van der Waals surface area (Å²) < 4.78 is 12.7. The van der Waals surface area contributed by atoms with Crippen molar-refractivity contribution in [3.63, 3.8) is 0 Å². The molecule has 0 fully saturated rings. The third-order valence-electron chi connectivity index (χ3n) is 1.30. The van der Waals surface area contributed by atoms with Crippen LogP contribution in [-0.4, -0.2) is 18.2 Å². The van der Waals surface area contributed by atoms with Crippen molar-refractivity contribution < 1.29 is 19.0 Å². The molecule has 0 N–H and O–H groups in total. The Morgan fingerprint density at radius 3 is 2.54 bits per heavy atom. The van der Waals surface area contributed by atoms with Gasteiger partial charge in [-0.1, -0.05) is 12.7 Å². The van der Waals surface area contributed by atoms with Crippen LogP contribution in [0, 0.1) is 0 Å². The first-order chi connectivity index (χ1) is 5.99. The van der Waals surface area contributed by atoms with Gasteiger partial charge in [0.25, 0.3) is 0 Å². The van der Waals surface area contributed by atoms with Gasteiger partial charge in [0.2, 0.25) is 0 Å². The van der Waals surface area contributed by atoms with E-state index in [0.717, 1.165) is 6.08 Å². The molecule has 0 aromatic heterocycles. The Hall–Kier alpha value is -1.16. The second kappa shape index (κ2) is 5.48. The number of alkyl halides is 1. The summed E-state index contributed by atoms with van der Waals surface area (Å²) in [6.07, 6.45) is -1.15. The third kappa shape index (κ3) is 4.42. The van der Waals surface area contributed by atoms with Gasteiger partial charge < -0.3 is 0 Å². The molecule has 0 aromatic carbocycles. The van der Waals surface area contributed by atoms with Crippen LogP contribution in [0.3, 0.4) is 0 Å². The Morgan fingerprint density at radius 2 is 2.15 bits per heavy atom. The first kappa shape index (κ1) is 11.8. The summed E-state index contributed by atoms with van der Waals surface area (Å²) in [6.45, 7) is 9.46. The summed E-state index contributed by atoms with van der Waals surface area (Å²) in [4.78, 5) is 19.5. The van der Waals surface area contributed by atoms with E-state index in [2.05, 4.69) is 22.9 Å². The van der Waals surface area contributed by atoms with E-state index in [4.69, 9.17) is 0 Å². The van der Waals surface area contributed by atoms with Gasteiger partial charge in [0, 0.05) is 5.57 Å². The first-order valence-corrected chi connectivity index (χ1v) is 3.78. The molecule has 13 heavy (non-hydrogen) atoms. The fourth-order valence-electron chi connectivity index (χ4n) is 0.435. The molecule has 0 bridgehead atoms. The number of hydrogen-bond donors (Lipinski definition) is 0. The van der Waals surface area contributed by atoms with Crippen LogP contribution in [0.25, 0.3) is 0 Å². The van der Waals surface area contributed by atoms with Crippen LogP contribution in [-0.2, 0) is 14.6 Å². The number of halogens is 1. The van der Waals surface area contributed by atoms with Crippen LogP contribution in [0.2, 0.25) is 0 Å². The molecule has 0 heterocycles. The topological polar surface area (TPSA) is 35.5 Å². The Labute approximate surface area is 76.8 Å². The standard InChI is InChI=1S/C9H13FO3/c1-5-8(10)7(4)12-13-9(11)6(2)3/h5,7-8H,1-2H2,3-4H3. The van der Waals surface area contributed by atoms with Gasteiger partial charge in [0.05, 0.1) is 0 Å². The van der Waals surface area contributed by atoms with Gasteiger partial charge in [0.15, 0.2) is 0 Å². The maximum absolute atomic E-state index is 12.7. The molecule has 74 valence electrons. The van der Waals surface area contributed by atoms with Crippen molar-refractivity contribution in [1.29, 1.82) is 0 Å². The van der Waals surface area contributed by atoms with Gasteiger partial charge in [-0.05, 0) is 13.8 Å². The van der Waals surface area contributed by atoms with E-state index >= 15 is 0 Å². The molecular formula is C9H13FO3. The van der Waals surface area contributed by atoms with Crippen LogP contribution in [0.4, 0.5) is 4.39 Å². The average Bonchev–Trinajstić information content (AvgIpc) is 2.11. The van der Waals surface area contributed by atoms with Crippen LogP contribution in [0.5, 0.6) is 0 Å². The minimum absolute atomic E-state index is 0.196. The van der Waals surface area contributed by atoms with Crippen molar-refractivity contribution in [2.75, 3.05) is 0 Å². The van der Waals surface area contributed by atoms with Gasteiger partial charge in [-0.25, -0.2) is 9.18 Å². The van der Waals surface area contributed by atoms with Gasteiger partial charge in [-0.2, -0.15) is 4.89 Å². The molecule has 2 atom stereocenters. The number of hydrogen-bond acceptors (Lipinski definition) is 3. The van der Waals surface area contributed by atoms with E-state index in [1.54, 1.807) is 0 Å². The molecule has 4 heteroatoms. The normalized spacial score (nSPS) is 14.4. The Balaban J connectivity index is 3.82. The molecule has 0 saturated heterocycles. The van der Waals surface area contributed by atoms with Gasteiger partial charge >= 0.3 is 5.97 Å². The zero-order chi connectivity index (χ0) is 10.4. The zero-order valence-electron chi connectivity index (χ0n) is 7.75. The van der Waals surface area contributed by atoms with Gasteiger partial charge in [-0.15, -0.1) is 6.58 Å². The van der Waals surface area contributed by atoms with Crippen LogP contribution in [0.15, 0.2) is 24.8 Å². The van der Waals surface area contributed by atoms with E-state index in [0.29, 0.717) is 0 Å². The molecule has 3 nitrogen and oxygen atoms in total. The van der Waals surface area contributed by atoms with Crippen LogP contribution < -0.4 is 0 Å². The molecule has 0 spiro atoms. The molecule has 0 aliphatic heterocycles. The maximum atomic E-state index is 12.7. The third-order valence-corrected chi connectivity index (χ3v) is 1.30. The van der Waals surface area contributed by atoms with Crippen molar-refractivity contribution in [2.45, 2.75) is 26.1 Å². The lowest BCUT2D eigenvalue weighted by Crippen LogP contribution is -2.22. The summed E-state index contributed by atoms with van der Waals surface area (Å²) in [5, 5.41) is 0. The quantitative estimate of drug-likeness (QED) is 0.286. The fourth-order valence-corrected chi connectivity index (χ4v) is 0.435. The second-order valence-corrected chi connectivity index (χ2v) is 2.63. The Kier molecular flexibility index (Phi) is 4.99. The molecule has 0 amide bonds. The highest BCUT2D eigenvalue weighted by molar-refractivity contribution is 5.86. The molecule has 2 unspecified atom stereocenters. The van der Waals surface area contributed by atoms with E-state index in [1.165, 1.54) is 13.8 Å². The first-order valence-electron chi connectivity index (χ1n) is 3.78. The van der Waals surface area contributed by atoms with Gasteiger partial charge in [-0.3, -0.25) is 4.89 Å². The molecule has 0 rings (SSSR count). The number of rotatable bonds is 5. The Bertz CT molecular complexity index is 213. The van der Waals surface area contributed by atoms with Crippen molar-refractivity contribution in [3.05, 3.63) is 24.8 Å². The summed E-state index contributed by atoms with van der Waals surface area (Å²) in [6, 6.07) is 0. The molecule has 0 radical (unpaired) electrons. The van der Waals surface area contributed by atoms with Crippen molar-refractivity contribution in [2.24, 2.45) is 0 Å². The molecule has 0 aromatic rings. The van der Waals surface area contributed by atoms with E-state index in [-0.39, 0.29) is 5.57 Å². The number of carbonyl (C=O) groups is 1. The minimum Gasteiger partial charge on any atom is -0.293 e. The largest absolute Gasteiger partial charge is 0.368 e. The predicted octanol–water partition coefficient (Wildman–Crippen LogP) is 1.95.